The van der Waals surface area contributed by atoms with Crippen molar-refractivity contribution in [1.82, 2.24) is 0 Å². The summed E-state index contributed by atoms with van der Waals surface area (Å²) in [5.41, 5.74) is 0. The van der Waals surface area contributed by atoms with Crippen LogP contribution in [0, 0.1) is 0 Å². The standard InChI is InChI=1S/C60H106O6/c1-4-7-10-13-16-19-22-25-27-29-31-32-35-38-41-44-47-50-53-59(62)65-56-57(55-64-58(61)52-49-46-43-40-37-34-24-21-18-15-12-9-6-3)66-60(63)54-51-48-45-42-39-36-33-30-28-26-23-20-17-14-11-8-5-2/h17,20,26,28,31-32,34,37,43,46,57H,4-16,18-19,21-25,27,29-30,33,35-36,38-42,44-45,47-56H2,1-3H3/b20-17-,28-26-,32-31-,37-34-,46-43-. The van der Waals surface area contributed by atoms with Crippen molar-refractivity contribution in [1.29, 1.82) is 0 Å². The van der Waals surface area contributed by atoms with E-state index >= 15 is 0 Å². The van der Waals surface area contributed by atoms with Crippen molar-refractivity contribution in [2.24, 2.45) is 0 Å². The summed E-state index contributed by atoms with van der Waals surface area (Å²) >= 11 is 0. The highest BCUT2D eigenvalue weighted by Crippen LogP contribution is 2.15. The van der Waals surface area contributed by atoms with Gasteiger partial charge in [-0.2, -0.15) is 0 Å². The molecule has 0 aliphatic rings. The van der Waals surface area contributed by atoms with Crippen molar-refractivity contribution in [3.8, 4) is 0 Å². The maximum atomic E-state index is 12.8. The van der Waals surface area contributed by atoms with Gasteiger partial charge in [-0.15, -0.1) is 0 Å². The predicted octanol–water partition coefficient (Wildman–Crippen LogP) is 18.8. The molecule has 1 unspecified atom stereocenters. The summed E-state index contributed by atoms with van der Waals surface area (Å²) < 4.78 is 16.8. The van der Waals surface area contributed by atoms with Crippen molar-refractivity contribution in [2.75, 3.05) is 13.2 Å². The maximum absolute atomic E-state index is 12.8. The number of unbranched alkanes of at least 4 members (excludes halogenated alkanes) is 30. The molecule has 0 rings (SSSR count). The predicted molar refractivity (Wildman–Crippen MR) is 284 cm³/mol. The van der Waals surface area contributed by atoms with Crippen LogP contribution in [-0.4, -0.2) is 37.2 Å². The monoisotopic (exact) mass is 923 g/mol. The van der Waals surface area contributed by atoms with Crippen LogP contribution in [0.25, 0.3) is 0 Å². The number of hydrogen-bond donors (Lipinski definition) is 0. The van der Waals surface area contributed by atoms with E-state index in [9.17, 15) is 14.4 Å². The van der Waals surface area contributed by atoms with E-state index in [4.69, 9.17) is 14.2 Å². The fraction of sp³-hybridized carbons (Fsp3) is 0.783. The molecule has 0 radical (unpaired) electrons. The largest absolute Gasteiger partial charge is 0.462 e. The van der Waals surface area contributed by atoms with E-state index in [2.05, 4.69) is 75.5 Å². The molecule has 0 fully saturated rings. The third-order valence-electron chi connectivity index (χ3n) is 12.2. The Kier molecular flexibility index (Phi) is 52.3. The molecule has 66 heavy (non-hydrogen) atoms. The van der Waals surface area contributed by atoms with Gasteiger partial charge in [-0.25, -0.2) is 0 Å². The molecule has 6 heteroatoms. The Labute approximate surface area is 409 Å². The lowest BCUT2D eigenvalue weighted by Gasteiger charge is -2.18. The van der Waals surface area contributed by atoms with Gasteiger partial charge in [0, 0.05) is 19.3 Å². The van der Waals surface area contributed by atoms with Gasteiger partial charge in [-0.05, 0) is 96.3 Å². The molecular formula is C60H106O6. The average molecular weight is 924 g/mol. The van der Waals surface area contributed by atoms with E-state index in [1.165, 1.54) is 167 Å². The second-order valence-electron chi connectivity index (χ2n) is 18.8. The lowest BCUT2D eigenvalue weighted by atomic mass is 10.1. The molecule has 0 amide bonds. The Hall–Kier alpha value is -2.89. The second kappa shape index (κ2) is 54.7. The lowest BCUT2D eigenvalue weighted by Crippen LogP contribution is -2.30. The normalized spacial score (nSPS) is 12.5. The van der Waals surface area contributed by atoms with Crippen LogP contribution in [0.4, 0.5) is 0 Å². The van der Waals surface area contributed by atoms with Crippen molar-refractivity contribution >= 4 is 17.9 Å². The van der Waals surface area contributed by atoms with Gasteiger partial charge < -0.3 is 14.2 Å². The first kappa shape index (κ1) is 63.1. The van der Waals surface area contributed by atoms with E-state index in [1.807, 2.05) is 6.08 Å². The van der Waals surface area contributed by atoms with Gasteiger partial charge in [0.05, 0.1) is 0 Å². The van der Waals surface area contributed by atoms with E-state index in [1.54, 1.807) is 0 Å². The molecule has 382 valence electrons. The zero-order chi connectivity index (χ0) is 47.9. The maximum Gasteiger partial charge on any atom is 0.306 e. The molecule has 0 aliphatic carbocycles. The Bertz CT molecular complexity index is 1200. The minimum Gasteiger partial charge on any atom is -0.462 e. The molecule has 6 nitrogen and oxygen atoms in total. The van der Waals surface area contributed by atoms with E-state index in [0.717, 1.165) is 70.6 Å². The van der Waals surface area contributed by atoms with Gasteiger partial charge in [0.15, 0.2) is 6.10 Å². The number of rotatable bonds is 51. The lowest BCUT2D eigenvalue weighted by molar-refractivity contribution is -0.166. The molecule has 0 heterocycles. The third-order valence-corrected chi connectivity index (χ3v) is 12.2. The van der Waals surface area contributed by atoms with Crippen LogP contribution in [0.5, 0.6) is 0 Å². The fourth-order valence-corrected chi connectivity index (χ4v) is 7.93. The Morgan fingerprint density at radius 3 is 0.970 bits per heavy atom. The molecule has 0 aromatic carbocycles. The average Bonchev–Trinajstić information content (AvgIpc) is 3.31. The summed E-state index contributed by atoms with van der Waals surface area (Å²) in [5.74, 6) is -0.976. The molecule has 1 atom stereocenters. The highest BCUT2D eigenvalue weighted by Gasteiger charge is 2.19. The summed E-state index contributed by atoms with van der Waals surface area (Å²) in [5, 5.41) is 0. The number of hydrogen-bond acceptors (Lipinski definition) is 6. The van der Waals surface area contributed by atoms with E-state index < -0.39 is 6.10 Å². The summed E-state index contributed by atoms with van der Waals surface area (Å²) in [4.78, 5) is 38.1. The molecule has 0 saturated heterocycles. The van der Waals surface area contributed by atoms with E-state index in [-0.39, 0.29) is 37.5 Å². The Balaban J connectivity index is 4.43. The minimum absolute atomic E-state index is 0.0981. The summed E-state index contributed by atoms with van der Waals surface area (Å²) in [6.07, 6.45) is 67.9. The first-order valence-corrected chi connectivity index (χ1v) is 28.3. The summed E-state index contributed by atoms with van der Waals surface area (Å²) in [6.45, 7) is 6.56. The molecule has 0 aliphatic heterocycles. The first-order chi connectivity index (χ1) is 32.5. The number of carbonyl (C=O) groups excluding carboxylic acids is 3. The zero-order valence-electron chi connectivity index (χ0n) is 43.7. The zero-order valence-corrected chi connectivity index (χ0v) is 43.7. The molecule has 0 spiro atoms. The number of carbonyl (C=O) groups is 3. The van der Waals surface area contributed by atoms with Crippen molar-refractivity contribution < 1.29 is 28.6 Å². The summed E-state index contributed by atoms with van der Waals surface area (Å²) in [7, 11) is 0. The van der Waals surface area contributed by atoms with Gasteiger partial charge in [0.2, 0.25) is 0 Å². The second-order valence-corrected chi connectivity index (χ2v) is 18.8. The molecule has 0 aromatic rings. The summed E-state index contributed by atoms with van der Waals surface area (Å²) in [6, 6.07) is 0. The van der Waals surface area contributed by atoms with Gasteiger partial charge in [0.1, 0.15) is 13.2 Å². The number of allylic oxidation sites excluding steroid dienone is 10. The quantitative estimate of drug-likeness (QED) is 0.0262. The van der Waals surface area contributed by atoms with Crippen LogP contribution in [0.15, 0.2) is 60.8 Å². The third kappa shape index (κ3) is 52.1. The van der Waals surface area contributed by atoms with Gasteiger partial charge in [-0.1, -0.05) is 229 Å². The van der Waals surface area contributed by atoms with Crippen molar-refractivity contribution in [3.05, 3.63) is 60.8 Å². The minimum atomic E-state index is -0.804. The highest BCUT2D eigenvalue weighted by atomic mass is 16.6. The molecule has 0 aromatic heterocycles. The van der Waals surface area contributed by atoms with Crippen LogP contribution in [0.1, 0.15) is 284 Å². The van der Waals surface area contributed by atoms with Crippen LogP contribution >= 0.6 is 0 Å². The smallest absolute Gasteiger partial charge is 0.306 e. The SMILES string of the molecule is CCCCC/C=C\C/C=C\CCCCCCCCCC(=O)OC(COC(=O)CC/C=C\C/C=C\CCCCCCCC)COC(=O)CCCCCCC/C=C\CCCCCCCCCCC. The van der Waals surface area contributed by atoms with E-state index in [0.29, 0.717) is 19.3 Å². The molecule has 0 saturated carbocycles. The molecule has 0 N–H and O–H groups in total. The highest BCUT2D eigenvalue weighted by molar-refractivity contribution is 5.71. The van der Waals surface area contributed by atoms with Gasteiger partial charge in [0.25, 0.3) is 0 Å². The van der Waals surface area contributed by atoms with Crippen LogP contribution in [0.2, 0.25) is 0 Å². The number of ether oxygens (including phenoxy) is 3. The molecular weight excluding hydrogens is 817 g/mol. The van der Waals surface area contributed by atoms with Gasteiger partial charge >= 0.3 is 17.9 Å². The number of esters is 3. The van der Waals surface area contributed by atoms with Crippen molar-refractivity contribution in [2.45, 2.75) is 290 Å². The van der Waals surface area contributed by atoms with Crippen LogP contribution < -0.4 is 0 Å². The van der Waals surface area contributed by atoms with Crippen molar-refractivity contribution in [3.63, 3.8) is 0 Å². The molecule has 0 bridgehead atoms. The van der Waals surface area contributed by atoms with Crippen LogP contribution in [0.3, 0.4) is 0 Å². The van der Waals surface area contributed by atoms with Gasteiger partial charge in [-0.3, -0.25) is 14.4 Å². The topological polar surface area (TPSA) is 78.9 Å². The first-order valence-electron chi connectivity index (χ1n) is 28.3. The Morgan fingerprint density at radius 1 is 0.303 bits per heavy atom. The Morgan fingerprint density at radius 2 is 0.576 bits per heavy atom. The fourth-order valence-electron chi connectivity index (χ4n) is 7.93. The van der Waals surface area contributed by atoms with Crippen LogP contribution in [-0.2, 0) is 28.6 Å².